The lowest BCUT2D eigenvalue weighted by molar-refractivity contribution is -0.344. The molecule has 24 heteroatoms. The molecule has 0 N–H and O–H groups in total. The van der Waals surface area contributed by atoms with Gasteiger partial charge in [-0.25, -0.2) is 0 Å². The van der Waals surface area contributed by atoms with Gasteiger partial charge in [0.2, 0.25) is 0 Å². The minimum atomic E-state index is -1.74. The van der Waals surface area contributed by atoms with Crippen LogP contribution < -0.4 is 0 Å². The van der Waals surface area contributed by atoms with Crippen LogP contribution in [0, 0.1) is 57.2 Å². The minimum absolute atomic E-state index is 0.0525. The predicted molar refractivity (Wildman–Crippen MR) is 539 cm³/mol. The third-order valence-electron chi connectivity index (χ3n) is 34.1. The molecule has 788 valence electrons. The van der Waals surface area contributed by atoms with Crippen LogP contribution in [0.25, 0.3) is 0 Å². The molecule has 18 aliphatic rings. The van der Waals surface area contributed by atoms with Crippen molar-refractivity contribution in [3.8, 4) is 0 Å². The summed E-state index contributed by atoms with van der Waals surface area (Å²) in [6.07, 6.45) is 41.2. The van der Waals surface area contributed by atoms with E-state index in [9.17, 15) is 19.2 Å². The molecule has 0 radical (unpaired) electrons. The maximum absolute atomic E-state index is 13.6. The van der Waals surface area contributed by atoms with E-state index in [-0.39, 0.29) is 85.0 Å². The molecular weight excluding hydrogens is 1750 g/mol. The van der Waals surface area contributed by atoms with E-state index >= 15 is 0 Å². The Hall–Kier alpha value is -2.25. The molecule has 0 aromatic carbocycles. The Morgan fingerprint density at radius 1 is 0.272 bits per heavy atom. The van der Waals surface area contributed by atoms with E-state index < -0.39 is 94.3 Å². The average Bonchev–Trinajstić information content (AvgIpc) is 0.710. The van der Waals surface area contributed by atoms with Gasteiger partial charge < -0.3 is 84.6 Å². The molecule has 0 aromatic heterocycles. The van der Waals surface area contributed by atoms with Gasteiger partial charge >= 0.3 is 23.9 Å². The van der Waals surface area contributed by atoms with Crippen molar-refractivity contribution in [1.29, 1.82) is 0 Å². The summed E-state index contributed by atoms with van der Waals surface area (Å²) in [7, 11) is -3.47. The van der Waals surface area contributed by atoms with Crippen LogP contribution in [0.3, 0.4) is 0 Å². The fraction of sp³-hybridized carbons (Fsp3) is 0.964. The Kier molecular flexibility index (Phi) is 37.9. The molecule has 0 amide bonds. The first kappa shape index (κ1) is 114. The van der Waals surface area contributed by atoms with Crippen molar-refractivity contribution in [3.63, 3.8) is 0 Å². The van der Waals surface area contributed by atoms with Gasteiger partial charge in [-0.1, -0.05) is 120 Å². The Balaban J connectivity index is 0.000000176. The molecule has 0 saturated heterocycles. The lowest BCUT2D eigenvalue weighted by atomic mass is 9.50. The van der Waals surface area contributed by atoms with Crippen LogP contribution >= 0.6 is 0 Å². The highest BCUT2D eigenvalue weighted by Gasteiger charge is 2.73. The smallest absolute Gasteiger partial charge is 0.312 e. The lowest BCUT2D eigenvalue weighted by Crippen LogP contribution is -2.70. The summed E-state index contributed by atoms with van der Waals surface area (Å²) in [5.74, 6) is 2.72. The van der Waals surface area contributed by atoms with Crippen LogP contribution in [-0.4, -0.2) is 184 Å². The minimum Gasteiger partial charge on any atom is -0.458 e. The van der Waals surface area contributed by atoms with Crippen molar-refractivity contribution < 1.29 is 104 Å². The zero-order valence-corrected chi connectivity index (χ0v) is 94.0. The monoisotopic (exact) mass is 1950 g/mol. The molecule has 14 unspecified atom stereocenters. The zero-order chi connectivity index (χ0) is 100. The van der Waals surface area contributed by atoms with Crippen LogP contribution in [0.1, 0.15) is 449 Å². The van der Waals surface area contributed by atoms with Gasteiger partial charge in [0.15, 0.2) is 54.4 Å². The van der Waals surface area contributed by atoms with Crippen LogP contribution in [-0.2, 0) is 104 Å². The van der Waals surface area contributed by atoms with Crippen LogP contribution in [0.15, 0.2) is 0 Å². The second-order valence-corrected chi connectivity index (χ2v) is 60.6. The summed E-state index contributed by atoms with van der Waals surface area (Å²) in [5, 5.41) is 0. The second-order valence-electron chi connectivity index (χ2n) is 51.8. The van der Waals surface area contributed by atoms with E-state index in [4.69, 9.17) is 84.6 Å². The van der Waals surface area contributed by atoms with E-state index in [1.807, 2.05) is 111 Å². The number of rotatable bonds is 48. The largest absolute Gasteiger partial charge is 0.458 e. The van der Waals surface area contributed by atoms with E-state index in [0.29, 0.717) is 74.8 Å². The summed E-state index contributed by atoms with van der Waals surface area (Å²) in [6.45, 7) is 65.0. The van der Waals surface area contributed by atoms with Crippen molar-refractivity contribution in [2.24, 2.45) is 57.2 Å². The van der Waals surface area contributed by atoms with Gasteiger partial charge in [-0.15, -0.1) is 0 Å². The van der Waals surface area contributed by atoms with Gasteiger partial charge in [-0.2, -0.15) is 0 Å². The molecule has 0 spiro atoms. The van der Waals surface area contributed by atoms with Crippen molar-refractivity contribution in [1.82, 2.24) is 0 Å². The second kappa shape index (κ2) is 45.2. The van der Waals surface area contributed by atoms with Gasteiger partial charge in [0, 0.05) is 116 Å². The summed E-state index contributed by atoms with van der Waals surface area (Å²) >= 11 is 0. The SMILES string of the molecule is CCC(C)(C)C(=O)OC12CC3CC(O[Si](C)(C)C)(C1)CC(O[Si](C)(C)C)(C3)C2.CCC(OC(C)C)OC12CC3CC(OC(=O)C(C)(C)CC)(C1)CC(OC(CC)OC(C)C)(C3)C2.CCOC(CC)OC12CC3CC(OC(=O)C(C)(C)CC)(C1)CC(OC(CC)OCC)(C3)C2.CCOC(CC1CCCCC1)OC12CC3CC(OC(=O)C(C)(C)CC)(C1)CC(OC(CC1CCCCC1)OCC)(C3)C2. The van der Waals surface area contributed by atoms with E-state index in [1.165, 1.54) is 64.2 Å². The molecule has 16 bridgehead atoms. The fourth-order valence-corrected chi connectivity index (χ4v) is 32.0. The van der Waals surface area contributed by atoms with Crippen molar-refractivity contribution in [3.05, 3.63) is 0 Å². The van der Waals surface area contributed by atoms with E-state index in [0.717, 1.165) is 205 Å². The van der Waals surface area contributed by atoms with Gasteiger partial charge in [0.05, 0.1) is 78.7 Å². The van der Waals surface area contributed by atoms with Crippen LogP contribution in [0.2, 0.25) is 39.3 Å². The Bertz CT molecular complexity index is 3670. The number of esters is 4. The maximum atomic E-state index is 13.6. The molecule has 0 heterocycles. The molecule has 18 saturated carbocycles. The normalized spacial score (nSPS) is 35.8. The first-order valence-electron chi connectivity index (χ1n) is 55.7. The van der Waals surface area contributed by atoms with Crippen LogP contribution in [0.5, 0.6) is 0 Å². The Morgan fingerprint density at radius 3 is 0.676 bits per heavy atom. The van der Waals surface area contributed by atoms with E-state index in [1.54, 1.807) is 0 Å². The molecule has 18 aliphatic carbocycles. The highest BCUT2D eigenvalue weighted by atomic mass is 28.4. The van der Waals surface area contributed by atoms with Gasteiger partial charge in [-0.3, -0.25) is 19.2 Å². The number of carbonyl (C=O) groups is 4. The molecule has 14 atom stereocenters. The van der Waals surface area contributed by atoms with Gasteiger partial charge in [0.25, 0.3) is 0 Å². The number of ether oxygens (including phenoxy) is 16. The highest BCUT2D eigenvalue weighted by Crippen LogP contribution is 2.69. The number of hydrogen-bond donors (Lipinski definition) is 0. The van der Waals surface area contributed by atoms with Crippen molar-refractivity contribution in [2.45, 2.75) is 605 Å². The average molecular weight is 1950 g/mol. The zero-order valence-electron chi connectivity index (χ0n) is 92.0. The highest BCUT2D eigenvalue weighted by molar-refractivity contribution is 6.70. The topological polar surface area (TPSA) is 234 Å². The third-order valence-corrected chi connectivity index (χ3v) is 36.2. The maximum Gasteiger partial charge on any atom is 0.312 e. The molecule has 22 nitrogen and oxygen atoms in total. The summed E-state index contributed by atoms with van der Waals surface area (Å²) < 4.78 is 118. The van der Waals surface area contributed by atoms with Crippen molar-refractivity contribution >= 4 is 40.5 Å². The summed E-state index contributed by atoms with van der Waals surface area (Å²) in [6, 6.07) is 0. The Morgan fingerprint density at radius 2 is 0.463 bits per heavy atom. The van der Waals surface area contributed by atoms with Gasteiger partial charge in [0.1, 0.15) is 22.4 Å². The third kappa shape index (κ3) is 28.8. The summed E-state index contributed by atoms with van der Waals surface area (Å²) in [5.41, 5.74) is -6.79. The van der Waals surface area contributed by atoms with E-state index in [2.05, 4.69) is 94.7 Å². The number of hydrogen-bond acceptors (Lipinski definition) is 22. The van der Waals surface area contributed by atoms with Crippen LogP contribution in [0.4, 0.5) is 0 Å². The van der Waals surface area contributed by atoms with Gasteiger partial charge in [-0.05, 0) is 314 Å². The molecule has 18 fully saturated rings. The quantitative estimate of drug-likeness (QED) is 0.0238. The molecule has 18 rings (SSSR count). The fourth-order valence-electron chi connectivity index (χ4n) is 29.0. The predicted octanol–water partition coefficient (Wildman–Crippen LogP) is 27.1. The molecular formula is C112H200O22Si2. The Labute approximate surface area is 828 Å². The standard InChI is InChI=1S/C36H62O6.C28H50O6.C26H46O6.C22H42O4Si2/c1-6-33(4,5)32(37)42-36-23-29-21-34(25-36,40-30(38-7-2)19-27-15-11-9-12-16-27)24-35(22-29,26-36)41-31(39-8-3)20-28-17-13-10-14-18-28;1-10-22(30-19(4)5)32-26-13-21-14-27(16-26,33-23(11-2)31-20(6)7)18-28(15-21,17-26)34-24(29)25(8,9)12-3;1-8-20(28-11-4)30-24-13-19-14-25(16-24,31-21(9-2)29-12-5)18-26(15-19,17-24)32-22(27)23(6,7)10-3;1-10-19(2,3)18(23)24-20-11-17-12-21(14-20,25-27(4,5)6)16-22(13-17,15-20)26-28(7,8)9/h27-31H,6-26H2,1-5H3;19-23H,10-18H2,1-9H3;19-21H,8-18H2,1-7H3;17H,10-16H2,1-9H3. The first-order chi connectivity index (χ1) is 63.5. The number of carbonyl (C=O) groups excluding carboxylic acids is 4. The first-order valence-corrected chi connectivity index (χ1v) is 62.5. The molecule has 0 aliphatic heterocycles. The lowest BCUT2D eigenvalue weighted by Gasteiger charge is -2.66. The molecule has 136 heavy (non-hydrogen) atoms. The molecule has 0 aromatic rings. The summed E-state index contributed by atoms with van der Waals surface area (Å²) in [4.78, 5) is 53.2. The van der Waals surface area contributed by atoms with Crippen molar-refractivity contribution in [2.75, 3.05) is 26.4 Å².